The van der Waals surface area contributed by atoms with Gasteiger partial charge in [0.05, 0.1) is 12.6 Å². The van der Waals surface area contributed by atoms with Crippen molar-refractivity contribution in [3.05, 3.63) is 63.4 Å². The van der Waals surface area contributed by atoms with E-state index in [2.05, 4.69) is 34.6 Å². The van der Waals surface area contributed by atoms with Crippen LogP contribution in [0.1, 0.15) is 34.7 Å². The predicted octanol–water partition coefficient (Wildman–Crippen LogP) is 4.17. The molecule has 1 unspecified atom stereocenters. The minimum atomic E-state index is -0.103. The number of nitrogens with zero attached hydrogens (tertiary/aromatic N) is 2. The van der Waals surface area contributed by atoms with Crippen LogP contribution in [0.25, 0.3) is 11.4 Å². The van der Waals surface area contributed by atoms with Crippen molar-refractivity contribution in [3.63, 3.8) is 0 Å². The van der Waals surface area contributed by atoms with Gasteiger partial charge in [0.1, 0.15) is 12.3 Å². The molecule has 150 valence electrons. The summed E-state index contributed by atoms with van der Waals surface area (Å²) in [6.07, 6.45) is 0.739. The molecule has 1 aliphatic rings. The highest BCUT2D eigenvalue weighted by Gasteiger charge is 2.25. The lowest BCUT2D eigenvalue weighted by atomic mass is 9.95. The molecule has 6 nitrogen and oxygen atoms in total. The first-order valence-electron chi connectivity index (χ1n) is 9.68. The van der Waals surface area contributed by atoms with Gasteiger partial charge in [-0.25, -0.2) is 0 Å². The van der Waals surface area contributed by atoms with Crippen LogP contribution in [0.5, 0.6) is 5.75 Å². The van der Waals surface area contributed by atoms with Crippen molar-refractivity contribution >= 4 is 18.1 Å². The standard InChI is InChI=1S/C22H24N4O2S/c1-13-5-4-6-16(10-13)21-24-25-22(29)26(21)12-19(27)23-18-7-8-28-20-15(3)9-14(2)11-17(18)20/h4-6,9-11,18H,7-8,12H2,1-3H3,(H,23,27)(H,25,29). The predicted molar refractivity (Wildman–Crippen MR) is 114 cm³/mol. The minimum absolute atomic E-state index is 0.0756. The van der Waals surface area contributed by atoms with Crippen LogP contribution in [0.4, 0.5) is 0 Å². The van der Waals surface area contributed by atoms with E-state index in [4.69, 9.17) is 17.0 Å². The largest absolute Gasteiger partial charge is 0.493 e. The Morgan fingerprint density at radius 2 is 2.10 bits per heavy atom. The van der Waals surface area contributed by atoms with Crippen molar-refractivity contribution in [1.82, 2.24) is 20.1 Å². The monoisotopic (exact) mass is 408 g/mol. The maximum absolute atomic E-state index is 12.9. The number of hydrogen-bond acceptors (Lipinski definition) is 4. The number of ether oxygens (including phenoxy) is 1. The van der Waals surface area contributed by atoms with E-state index in [9.17, 15) is 4.79 Å². The van der Waals surface area contributed by atoms with Crippen LogP contribution in [0.3, 0.4) is 0 Å². The molecule has 2 heterocycles. The van der Waals surface area contributed by atoms with Crippen LogP contribution in [0, 0.1) is 25.5 Å². The molecule has 0 fully saturated rings. The van der Waals surface area contributed by atoms with Crippen molar-refractivity contribution in [2.24, 2.45) is 0 Å². The molecule has 3 aromatic rings. The molecule has 2 N–H and O–H groups in total. The number of aromatic nitrogens is 3. The number of aromatic amines is 1. The van der Waals surface area contributed by atoms with E-state index in [0.717, 1.165) is 40.0 Å². The Morgan fingerprint density at radius 1 is 1.28 bits per heavy atom. The lowest BCUT2D eigenvalue weighted by Gasteiger charge is -2.28. The molecule has 1 aliphatic heterocycles. The van der Waals surface area contributed by atoms with Gasteiger partial charge in [-0.3, -0.25) is 14.5 Å². The van der Waals surface area contributed by atoms with Gasteiger partial charge in [-0.05, 0) is 44.6 Å². The lowest BCUT2D eigenvalue weighted by Crippen LogP contribution is -2.34. The summed E-state index contributed by atoms with van der Waals surface area (Å²) in [7, 11) is 0. The molecule has 1 aromatic heterocycles. The summed E-state index contributed by atoms with van der Waals surface area (Å²) in [6.45, 7) is 6.81. The van der Waals surface area contributed by atoms with Gasteiger partial charge < -0.3 is 10.1 Å². The first-order valence-corrected chi connectivity index (χ1v) is 10.1. The van der Waals surface area contributed by atoms with E-state index < -0.39 is 0 Å². The molecule has 4 rings (SSSR count). The number of nitrogens with one attached hydrogen (secondary N) is 2. The maximum atomic E-state index is 12.9. The Hall–Kier alpha value is -2.93. The van der Waals surface area contributed by atoms with Gasteiger partial charge in [-0.2, -0.15) is 5.10 Å². The molecule has 2 aromatic carbocycles. The van der Waals surface area contributed by atoms with Gasteiger partial charge in [-0.15, -0.1) is 0 Å². The summed E-state index contributed by atoms with van der Waals surface area (Å²) in [6, 6.07) is 12.1. The summed E-state index contributed by atoms with van der Waals surface area (Å²) < 4.78 is 8.01. The summed E-state index contributed by atoms with van der Waals surface area (Å²) >= 11 is 5.37. The van der Waals surface area contributed by atoms with E-state index in [-0.39, 0.29) is 18.5 Å². The van der Waals surface area contributed by atoms with E-state index >= 15 is 0 Å². The quantitative estimate of drug-likeness (QED) is 0.636. The summed E-state index contributed by atoms with van der Waals surface area (Å²) in [4.78, 5) is 12.9. The average Bonchev–Trinajstić information content (AvgIpc) is 3.03. The van der Waals surface area contributed by atoms with Crippen molar-refractivity contribution in [2.75, 3.05) is 6.61 Å². The Labute approximate surface area is 174 Å². The summed E-state index contributed by atoms with van der Waals surface area (Å²) in [5.41, 5.74) is 5.34. The first-order chi connectivity index (χ1) is 13.9. The molecule has 0 saturated heterocycles. The molecule has 29 heavy (non-hydrogen) atoms. The van der Waals surface area contributed by atoms with Gasteiger partial charge >= 0.3 is 0 Å². The minimum Gasteiger partial charge on any atom is -0.493 e. The van der Waals surface area contributed by atoms with Crippen LogP contribution >= 0.6 is 12.2 Å². The van der Waals surface area contributed by atoms with Gasteiger partial charge in [0.2, 0.25) is 5.91 Å². The second-order valence-corrected chi connectivity index (χ2v) is 7.95. The van der Waals surface area contributed by atoms with Crippen molar-refractivity contribution < 1.29 is 9.53 Å². The molecule has 7 heteroatoms. The Kier molecular flexibility index (Phi) is 5.24. The second kappa shape index (κ2) is 7.83. The zero-order chi connectivity index (χ0) is 20.5. The molecule has 0 radical (unpaired) electrons. The highest BCUT2D eigenvalue weighted by atomic mass is 32.1. The Bertz CT molecular complexity index is 1130. The van der Waals surface area contributed by atoms with E-state index in [1.165, 1.54) is 0 Å². The average molecular weight is 409 g/mol. The van der Waals surface area contributed by atoms with E-state index in [0.29, 0.717) is 17.2 Å². The fourth-order valence-corrected chi connectivity index (χ4v) is 4.08. The number of H-pyrrole nitrogens is 1. The van der Waals surface area contributed by atoms with Crippen LogP contribution in [-0.2, 0) is 11.3 Å². The Morgan fingerprint density at radius 3 is 2.90 bits per heavy atom. The highest BCUT2D eigenvalue weighted by Crippen LogP contribution is 2.35. The number of carbonyl (C=O) groups excluding carboxylic acids is 1. The molecule has 1 amide bonds. The fourth-order valence-electron chi connectivity index (χ4n) is 3.88. The summed E-state index contributed by atoms with van der Waals surface area (Å²) in [5.74, 6) is 1.44. The number of amides is 1. The van der Waals surface area contributed by atoms with Gasteiger partial charge in [0.15, 0.2) is 10.6 Å². The molecular formula is C22H24N4O2S. The smallest absolute Gasteiger partial charge is 0.240 e. The van der Waals surface area contributed by atoms with Crippen LogP contribution < -0.4 is 10.1 Å². The maximum Gasteiger partial charge on any atom is 0.240 e. The van der Waals surface area contributed by atoms with Crippen LogP contribution in [0.15, 0.2) is 36.4 Å². The summed E-state index contributed by atoms with van der Waals surface area (Å²) in [5, 5.41) is 10.3. The zero-order valence-corrected chi connectivity index (χ0v) is 17.6. The molecule has 0 aliphatic carbocycles. The molecule has 0 saturated carbocycles. The van der Waals surface area contributed by atoms with Gasteiger partial charge in [0.25, 0.3) is 0 Å². The zero-order valence-electron chi connectivity index (χ0n) is 16.8. The third-order valence-corrected chi connectivity index (χ3v) is 5.46. The third-order valence-electron chi connectivity index (χ3n) is 5.15. The van der Waals surface area contributed by atoms with Crippen molar-refractivity contribution in [2.45, 2.75) is 39.8 Å². The van der Waals surface area contributed by atoms with Crippen LogP contribution in [-0.4, -0.2) is 27.3 Å². The third kappa shape index (κ3) is 3.96. The van der Waals surface area contributed by atoms with Gasteiger partial charge in [0, 0.05) is 17.5 Å². The first kappa shape index (κ1) is 19.4. The molecule has 0 bridgehead atoms. The molecule has 1 atom stereocenters. The van der Waals surface area contributed by atoms with Crippen molar-refractivity contribution in [3.8, 4) is 17.1 Å². The number of fused-ring (bicyclic) bond motifs is 1. The SMILES string of the molecule is Cc1cccc(-c2n[nH]c(=S)n2CC(=O)NC2CCOc3c(C)cc(C)cc32)c1. The molecule has 0 spiro atoms. The van der Waals surface area contributed by atoms with Gasteiger partial charge in [-0.1, -0.05) is 41.5 Å². The van der Waals surface area contributed by atoms with Crippen LogP contribution in [0.2, 0.25) is 0 Å². The molecular weight excluding hydrogens is 384 g/mol. The lowest BCUT2D eigenvalue weighted by molar-refractivity contribution is -0.122. The van der Waals surface area contributed by atoms with E-state index in [1.807, 2.05) is 38.1 Å². The normalized spacial score (nSPS) is 15.5. The van der Waals surface area contributed by atoms with Crippen molar-refractivity contribution in [1.29, 1.82) is 0 Å². The number of rotatable bonds is 4. The topological polar surface area (TPSA) is 71.9 Å². The highest BCUT2D eigenvalue weighted by molar-refractivity contribution is 7.71. The number of benzene rings is 2. The fraction of sp³-hybridized carbons (Fsp3) is 0.318. The number of hydrogen-bond donors (Lipinski definition) is 2. The number of aryl methyl sites for hydroxylation is 3. The Balaban J connectivity index is 1.57. The number of carbonyl (C=O) groups is 1. The van der Waals surface area contributed by atoms with E-state index in [1.54, 1.807) is 4.57 Å². The second-order valence-electron chi connectivity index (χ2n) is 7.57.